The molecule has 1 aromatic rings. The monoisotopic (exact) mass is 234 g/mol. The zero-order valence-electron chi connectivity index (χ0n) is 9.82. The first-order valence-corrected chi connectivity index (χ1v) is 5.97. The van der Waals surface area contributed by atoms with Gasteiger partial charge in [0.25, 0.3) is 0 Å². The molecule has 0 bridgehead atoms. The summed E-state index contributed by atoms with van der Waals surface area (Å²) in [6.45, 7) is 1.73. The van der Waals surface area contributed by atoms with Crippen LogP contribution in [0.3, 0.4) is 0 Å². The van der Waals surface area contributed by atoms with Crippen molar-refractivity contribution >= 4 is 6.09 Å². The highest BCUT2D eigenvalue weighted by Gasteiger charge is 2.23. The van der Waals surface area contributed by atoms with Crippen LogP contribution in [-0.2, 0) is 11.3 Å². The number of hydrogen-bond donors (Lipinski definition) is 2. The van der Waals surface area contributed by atoms with Gasteiger partial charge in [0.1, 0.15) is 6.61 Å². The molecule has 1 saturated carbocycles. The summed E-state index contributed by atoms with van der Waals surface area (Å²) in [5.41, 5.74) is 7.57. The van der Waals surface area contributed by atoms with E-state index in [1.165, 1.54) is 24.0 Å². The Balaban J connectivity index is 1.71. The molecule has 0 spiro atoms. The lowest BCUT2D eigenvalue weighted by molar-refractivity contribution is 0.157. The first-order chi connectivity index (χ1) is 8.25. The van der Waals surface area contributed by atoms with E-state index in [4.69, 9.17) is 5.73 Å². The lowest BCUT2D eigenvalue weighted by Crippen LogP contribution is -2.23. The average molecular weight is 234 g/mol. The van der Waals surface area contributed by atoms with Crippen LogP contribution in [0.15, 0.2) is 24.3 Å². The quantitative estimate of drug-likeness (QED) is 0.737. The van der Waals surface area contributed by atoms with Crippen LogP contribution in [0.5, 0.6) is 0 Å². The minimum atomic E-state index is -0.720. The Hall–Kier alpha value is -1.55. The second kappa shape index (κ2) is 5.68. The number of carbonyl (C=O) groups excluding carboxylic acids is 1. The Labute approximate surface area is 101 Å². The molecule has 0 atom stereocenters. The summed E-state index contributed by atoms with van der Waals surface area (Å²) < 4.78 is 4.63. The van der Waals surface area contributed by atoms with E-state index in [-0.39, 0.29) is 0 Å². The Kier molecular flexibility index (Phi) is 3.98. The molecule has 92 valence electrons. The third kappa shape index (κ3) is 4.07. The summed E-state index contributed by atoms with van der Waals surface area (Å²) in [6, 6.07) is 8.65. The molecule has 0 radical (unpaired) electrons. The van der Waals surface area contributed by atoms with Crippen molar-refractivity contribution in [2.24, 2.45) is 5.73 Å². The highest BCUT2D eigenvalue weighted by Crippen LogP contribution is 2.40. The average Bonchev–Trinajstić information content (AvgIpc) is 3.12. The van der Waals surface area contributed by atoms with Gasteiger partial charge in [-0.15, -0.1) is 0 Å². The van der Waals surface area contributed by atoms with Crippen molar-refractivity contribution in [2.45, 2.75) is 25.3 Å². The number of ether oxygens (including phenoxy) is 1. The van der Waals surface area contributed by atoms with E-state index < -0.39 is 6.09 Å². The van der Waals surface area contributed by atoms with Crippen LogP contribution in [-0.4, -0.2) is 19.2 Å². The normalized spacial score (nSPS) is 14.6. The van der Waals surface area contributed by atoms with Crippen molar-refractivity contribution < 1.29 is 9.53 Å². The lowest BCUT2D eigenvalue weighted by Gasteiger charge is -2.06. The van der Waals surface area contributed by atoms with Gasteiger partial charge in [-0.05, 0) is 29.9 Å². The second-order valence-corrected chi connectivity index (χ2v) is 4.36. The molecule has 1 amide bonds. The zero-order valence-corrected chi connectivity index (χ0v) is 9.82. The molecule has 1 aliphatic rings. The smallest absolute Gasteiger partial charge is 0.404 e. The van der Waals surface area contributed by atoms with Gasteiger partial charge in [0, 0.05) is 13.1 Å². The minimum Gasteiger partial charge on any atom is -0.448 e. The number of primary amides is 1. The third-order valence-electron chi connectivity index (χ3n) is 2.85. The van der Waals surface area contributed by atoms with Crippen molar-refractivity contribution in [3.8, 4) is 0 Å². The van der Waals surface area contributed by atoms with Crippen molar-refractivity contribution in [3.63, 3.8) is 0 Å². The van der Waals surface area contributed by atoms with Crippen LogP contribution >= 0.6 is 0 Å². The van der Waals surface area contributed by atoms with Gasteiger partial charge < -0.3 is 15.8 Å². The van der Waals surface area contributed by atoms with E-state index in [0.717, 1.165) is 12.5 Å². The van der Waals surface area contributed by atoms with Gasteiger partial charge in [-0.2, -0.15) is 0 Å². The van der Waals surface area contributed by atoms with Gasteiger partial charge in [0.05, 0.1) is 0 Å². The molecule has 1 aliphatic carbocycles. The molecule has 1 fully saturated rings. The summed E-state index contributed by atoms with van der Waals surface area (Å²) in [7, 11) is 0. The Bertz CT molecular complexity index is 389. The molecule has 17 heavy (non-hydrogen) atoms. The number of hydrogen-bond acceptors (Lipinski definition) is 3. The van der Waals surface area contributed by atoms with Gasteiger partial charge >= 0.3 is 6.09 Å². The first kappa shape index (κ1) is 11.9. The highest BCUT2D eigenvalue weighted by atomic mass is 16.5. The summed E-state index contributed by atoms with van der Waals surface area (Å²) >= 11 is 0. The van der Waals surface area contributed by atoms with E-state index in [0.29, 0.717) is 13.2 Å². The van der Waals surface area contributed by atoms with Gasteiger partial charge in [-0.1, -0.05) is 24.3 Å². The molecule has 4 nitrogen and oxygen atoms in total. The maximum Gasteiger partial charge on any atom is 0.404 e. The molecule has 1 aromatic carbocycles. The van der Waals surface area contributed by atoms with E-state index in [1.54, 1.807) is 0 Å². The first-order valence-electron chi connectivity index (χ1n) is 5.97. The largest absolute Gasteiger partial charge is 0.448 e. The van der Waals surface area contributed by atoms with Crippen LogP contribution in [0.2, 0.25) is 0 Å². The van der Waals surface area contributed by atoms with E-state index in [1.807, 2.05) is 0 Å². The molecule has 0 aliphatic heterocycles. The summed E-state index contributed by atoms with van der Waals surface area (Å²) in [5.74, 6) is 0.785. The van der Waals surface area contributed by atoms with Crippen LogP contribution < -0.4 is 11.1 Å². The molecular formula is C13H18N2O2. The van der Waals surface area contributed by atoms with Crippen LogP contribution in [0.4, 0.5) is 4.79 Å². The molecule has 0 saturated heterocycles. The number of carbonyl (C=O) groups is 1. The zero-order chi connectivity index (χ0) is 12.1. The molecule has 0 aromatic heterocycles. The van der Waals surface area contributed by atoms with Gasteiger partial charge in [0.15, 0.2) is 0 Å². The fourth-order valence-electron chi connectivity index (χ4n) is 1.83. The number of rotatable bonds is 6. The van der Waals surface area contributed by atoms with Gasteiger partial charge in [0.2, 0.25) is 0 Å². The van der Waals surface area contributed by atoms with Crippen molar-refractivity contribution in [1.82, 2.24) is 5.32 Å². The van der Waals surface area contributed by atoms with E-state index >= 15 is 0 Å². The third-order valence-corrected chi connectivity index (χ3v) is 2.85. The number of nitrogens with two attached hydrogens (primary N) is 1. The van der Waals surface area contributed by atoms with E-state index in [2.05, 4.69) is 34.3 Å². The predicted octanol–water partition coefficient (Wildman–Crippen LogP) is 1.75. The number of benzene rings is 1. The molecule has 4 heteroatoms. The second-order valence-electron chi connectivity index (χ2n) is 4.36. The van der Waals surface area contributed by atoms with Crippen molar-refractivity contribution in [3.05, 3.63) is 35.4 Å². The Morgan fingerprint density at radius 1 is 1.47 bits per heavy atom. The van der Waals surface area contributed by atoms with E-state index in [9.17, 15) is 4.79 Å². The number of nitrogens with one attached hydrogen (secondary N) is 1. The van der Waals surface area contributed by atoms with Gasteiger partial charge in [-0.3, -0.25) is 0 Å². The standard InChI is InChI=1S/C13H18N2O2/c14-13(16)17-7-6-15-9-10-2-1-3-12(8-10)11-4-5-11/h1-3,8,11,15H,4-7,9H2,(H2,14,16). The predicted molar refractivity (Wildman–Crippen MR) is 65.7 cm³/mol. The van der Waals surface area contributed by atoms with Gasteiger partial charge in [-0.25, -0.2) is 4.79 Å². The molecule has 0 heterocycles. The molecular weight excluding hydrogens is 216 g/mol. The fourth-order valence-corrected chi connectivity index (χ4v) is 1.83. The lowest BCUT2D eigenvalue weighted by atomic mass is 10.1. The SMILES string of the molecule is NC(=O)OCCNCc1cccc(C2CC2)c1. The summed E-state index contributed by atoms with van der Waals surface area (Å²) in [6.07, 6.45) is 1.93. The Morgan fingerprint density at radius 2 is 2.29 bits per heavy atom. The van der Waals surface area contributed by atoms with Crippen LogP contribution in [0.1, 0.15) is 29.9 Å². The van der Waals surface area contributed by atoms with Crippen molar-refractivity contribution in [1.29, 1.82) is 0 Å². The van der Waals surface area contributed by atoms with Crippen molar-refractivity contribution in [2.75, 3.05) is 13.2 Å². The topological polar surface area (TPSA) is 64.4 Å². The number of amides is 1. The van der Waals surface area contributed by atoms with Crippen LogP contribution in [0.25, 0.3) is 0 Å². The maximum absolute atomic E-state index is 10.3. The van der Waals surface area contributed by atoms with Crippen LogP contribution in [0, 0.1) is 0 Å². The summed E-state index contributed by atoms with van der Waals surface area (Å²) in [5, 5.41) is 3.21. The molecule has 2 rings (SSSR count). The summed E-state index contributed by atoms with van der Waals surface area (Å²) in [4.78, 5) is 10.3. The maximum atomic E-state index is 10.3. The highest BCUT2D eigenvalue weighted by molar-refractivity contribution is 5.64. The minimum absolute atomic E-state index is 0.317. The molecule has 3 N–H and O–H groups in total. The Morgan fingerprint density at radius 3 is 3.00 bits per heavy atom. The fraction of sp³-hybridized carbons (Fsp3) is 0.462. The molecule has 0 unspecified atom stereocenters.